The number of pyridine rings is 1. The molecule has 132 valence electrons. The smallest absolute Gasteiger partial charge is 0.542 e. The highest BCUT2D eigenvalue weighted by Crippen LogP contribution is 2.21. The zero-order valence-corrected chi connectivity index (χ0v) is 14.3. The lowest BCUT2D eigenvalue weighted by atomic mass is 10.4. The number of halogens is 3. The number of aliphatic carboxylic acids is 1. The Morgan fingerprint density at radius 3 is 1.78 bits per heavy atom. The Kier molecular flexibility index (Phi) is 8.98. The molecule has 1 rings (SSSR count). The molecule has 0 amide bonds. The summed E-state index contributed by atoms with van der Waals surface area (Å²) in [5.74, 6) is -3.01. The predicted octanol–water partition coefficient (Wildman–Crippen LogP) is 0.641. The van der Waals surface area contributed by atoms with Crippen molar-refractivity contribution in [1.29, 1.82) is 0 Å². The van der Waals surface area contributed by atoms with Gasteiger partial charge < -0.3 is 23.2 Å². The van der Waals surface area contributed by atoms with E-state index in [9.17, 15) is 13.2 Å². The van der Waals surface area contributed by atoms with Gasteiger partial charge in [-0.15, -0.1) is 0 Å². The van der Waals surface area contributed by atoms with Crippen molar-refractivity contribution in [3.63, 3.8) is 0 Å². The van der Waals surface area contributed by atoms with E-state index in [-0.39, 0.29) is 5.67 Å². The molecule has 0 aliphatic carbocycles. The van der Waals surface area contributed by atoms with E-state index >= 15 is 0 Å². The van der Waals surface area contributed by atoms with E-state index in [1.165, 1.54) is 0 Å². The van der Waals surface area contributed by atoms with E-state index in [1.807, 2.05) is 30.6 Å². The molecule has 0 saturated heterocycles. The Hall–Kier alpha value is -1.49. The summed E-state index contributed by atoms with van der Waals surface area (Å²) in [6, 6.07) is 5.96. The first kappa shape index (κ1) is 21.5. The summed E-state index contributed by atoms with van der Waals surface area (Å²) >= 11 is 0. The Bertz CT molecular complexity index is 460. The first-order valence-corrected chi connectivity index (χ1v) is 8.38. The molecule has 0 N–H and O–H groups in total. The minimum atomic E-state index is -5.19. The molecule has 23 heavy (non-hydrogen) atoms. The van der Waals surface area contributed by atoms with Crippen LogP contribution in [0.25, 0.3) is 0 Å². The third-order valence-corrected chi connectivity index (χ3v) is 6.21. The van der Waals surface area contributed by atoms with Gasteiger partial charge in [0.25, 0.3) is 0 Å². The summed E-state index contributed by atoms with van der Waals surface area (Å²) in [7, 11) is 2.31. The maximum absolute atomic E-state index is 10.5. The molecule has 1 aromatic heterocycles. The summed E-state index contributed by atoms with van der Waals surface area (Å²) < 4.78 is 50.2. The van der Waals surface area contributed by atoms with Gasteiger partial charge in [-0.3, -0.25) is 0 Å². The number of alkyl halides is 3. The second-order valence-electron chi connectivity index (χ2n) is 4.25. The van der Waals surface area contributed by atoms with Crippen molar-refractivity contribution < 1.29 is 40.9 Å². The van der Waals surface area contributed by atoms with Crippen LogP contribution >= 0.6 is 0 Å². The summed E-state index contributed by atoms with van der Waals surface area (Å²) in [5.41, 5.74) is 0.105. The van der Waals surface area contributed by atoms with E-state index in [0.717, 1.165) is 6.42 Å². The first-order chi connectivity index (χ1) is 10.7. The van der Waals surface area contributed by atoms with Crippen LogP contribution < -0.4 is 9.67 Å². The Balaban J connectivity index is 0.000000585. The van der Waals surface area contributed by atoms with Crippen molar-refractivity contribution in [1.82, 2.24) is 0 Å². The maximum atomic E-state index is 10.5. The quantitative estimate of drug-likeness (QED) is 0.553. The van der Waals surface area contributed by atoms with Crippen LogP contribution in [0.15, 0.2) is 30.6 Å². The van der Waals surface area contributed by atoms with Crippen LogP contribution in [0, 0.1) is 0 Å². The highest BCUT2D eigenvalue weighted by atomic mass is 28.4. The number of aromatic nitrogens is 1. The fourth-order valence-corrected chi connectivity index (χ4v) is 4.27. The SMILES string of the molecule is CCC([n+]1ccccc1)[Si](OC)(OC)OC.O=C([O-])C(F)(F)F. The summed E-state index contributed by atoms with van der Waals surface area (Å²) in [5, 5.41) is 8.78. The summed E-state index contributed by atoms with van der Waals surface area (Å²) in [4.78, 5) is 8.78. The van der Waals surface area contributed by atoms with Gasteiger partial charge in [-0.25, -0.2) is 0 Å². The number of hydrogen-bond donors (Lipinski definition) is 0. The zero-order valence-electron chi connectivity index (χ0n) is 13.3. The van der Waals surface area contributed by atoms with Crippen LogP contribution in [-0.4, -0.2) is 42.3 Å². The maximum Gasteiger partial charge on any atom is 0.572 e. The van der Waals surface area contributed by atoms with Crippen molar-refractivity contribution in [2.75, 3.05) is 21.3 Å². The Morgan fingerprint density at radius 1 is 1.13 bits per heavy atom. The van der Waals surface area contributed by atoms with Gasteiger partial charge in [0.05, 0.1) is 0 Å². The third-order valence-electron chi connectivity index (χ3n) is 2.98. The molecule has 6 nitrogen and oxygen atoms in total. The molecule has 1 atom stereocenters. The van der Waals surface area contributed by atoms with Gasteiger partial charge in [-0.05, 0) is 0 Å². The number of carboxylic acid groups (broad SMARTS) is 1. The molecule has 1 unspecified atom stereocenters. The molecular weight excluding hydrogens is 335 g/mol. The minimum absolute atomic E-state index is 0.105. The van der Waals surface area contributed by atoms with Gasteiger partial charge in [0, 0.05) is 39.9 Å². The number of nitrogens with zero attached hydrogens (tertiary/aromatic N) is 1. The van der Waals surface area contributed by atoms with Crippen LogP contribution in [0.5, 0.6) is 0 Å². The van der Waals surface area contributed by atoms with E-state index < -0.39 is 21.0 Å². The normalized spacial score (nSPS) is 13.0. The van der Waals surface area contributed by atoms with Crippen molar-refractivity contribution in [3.8, 4) is 0 Å². The fraction of sp³-hybridized carbons (Fsp3) is 0.538. The predicted molar refractivity (Wildman–Crippen MR) is 73.8 cm³/mol. The molecule has 0 aliphatic heterocycles. The Morgan fingerprint density at radius 2 is 1.52 bits per heavy atom. The van der Waals surface area contributed by atoms with Crippen molar-refractivity contribution in [3.05, 3.63) is 30.6 Å². The average molecular weight is 355 g/mol. The zero-order chi connectivity index (χ0) is 18.1. The minimum Gasteiger partial charge on any atom is -0.542 e. The van der Waals surface area contributed by atoms with Crippen molar-refractivity contribution >= 4 is 14.8 Å². The third kappa shape index (κ3) is 6.26. The number of carboxylic acids is 1. The lowest BCUT2D eigenvalue weighted by Crippen LogP contribution is -2.60. The standard InChI is InChI=1S/C11H20NO3Si.C2HF3O2/c1-5-11(12-9-7-6-8-10-12)16(13-2,14-3)15-4;3-2(4,5)1(6)7/h6-11H,5H2,1-4H3;(H,6,7)/q+1;/p-1. The average Bonchev–Trinajstić information content (AvgIpc) is 2.53. The highest BCUT2D eigenvalue weighted by molar-refractivity contribution is 6.60. The molecule has 0 aromatic carbocycles. The van der Waals surface area contributed by atoms with Crippen LogP contribution in [0.2, 0.25) is 0 Å². The van der Waals surface area contributed by atoms with Crippen LogP contribution in [0.4, 0.5) is 13.2 Å². The molecule has 0 aliphatic rings. The van der Waals surface area contributed by atoms with Gasteiger partial charge in [0.1, 0.15) is 5.97 Å². The van der Waals surface area contributed by atoms with Gasteiger partial charge in [-0.1, -0.05) is 13.0 Å². The van der Waals surface area contributed by atoms with E-state index in [4.69, 9.17) is 23.2 Å². The molecule has 10 heteroatoms. The van der Waals surface area contributed by atoms with Crippen LogP contribution in [-0.2, 0) is 18.1 Å². The molecule has 0 bridgehead atoms. The largest absolute Gasteiger partial charge is 0.572 e. The fourth-order valence-electron chi connectivity index (χ4n) is 1.92. The van der Waals surface area contributed by atoms with Crippen molar-refractivity contribution in [2.45, 2.75) is 25.2 Å². The molecule has 0 fully saturated rings. The molecule has 0 spiro atoms. The Labute approximate surface area is 133 Å². The summed E-state index contributed by atoms with van der Waals surface area (Å²) in [6.45, 7) is 2.10. The first-order valence-electron chi connectivity index (χ1n) is 6.57. The topological polar surface area (TPSA) is 71.7 Å². The highest BCUT2D eigenvalue weighted by Gasteiger charge is 2.53. The molecule has 1 heterocycles. The number of rotatable bonds is 6. The monoisotopic (exact) mass is 355 g/mol. The number of carbonyl (C=O) groups is 1. The van der Waals surface area contributed by atoms with Crippen LogP contribution in [0.3, 0.4) is 0 Å². The summed E-state index contributed by atoms with van der Waals surface area (Å²) in [6.07, 6.45) is -0.281. The van der Waals surface area contributed by atoms with Gasteiger partial charge in [0.15, 0.2) is 12.4 Å². The lowest BCUT2D eigenvalue weighted by molar-refractivity contribution is -0.710. The molecule has 0 saturated carbocycles. The van der Waals surface area contributed by atoms with Crippen molar-refractivity contribution in [2.24, 2.45) is 0 Å². The molecular formula is C13H20F3NO5Si. The van der Waals surface area contributed by atoms with Gasteiger partial charge in [0.2, 0.25) is 5.67 Å². The van der Waals surface area contributed by atoms with Crippen LogP contribution in [0.1, 0.15) is 19.0 Å². The molecule has 0 radical (unpaired) electrons. The van der Waals surface area contributed by atoms with Gasteiger partial charge >= 0.3 is 15.0 Å². The van der Waals surface area contributed by atoms with Gasteiger partial charge in [-0.2, -0.15) is 17.7 Å². The lowest BCUT2D eigenvalue weighted by Gasteiger charge is -2.27. The second kappa shape index (κ2) is 9.60. The van der Waals surface area contributed by atoms with E-state index in [2.05, 4.69) is 11.5 Å². The number of carbonyl (C=O) groups excluding carboxylic acids is 1. The van der Waals surface area contributed by atoms with E-state index in [0.29, 0.717) is 0 Å². The van der Waals surface area contributed by atoms with E-state index in [1.54, 1.807) is 21.3 Å². The number of hydrogen-bond acceptors (Lipinski definition) is 5. The second-order valence-corrected chi connectivity index (χ2v) is 7.35. The molecule has 1 aromatic rings.